The normalized spacial score (nSPS) is 22.0. The maximum absolute atomic E-state index is 12.8. The molecule has 1 saturated carbocycles. The van der Waals surface area contributed by atoms with E-state index in [1.165, 1.54) is 31.2 Å². The number of carbonyl (C=O) groups excluding carboxylic acids is 1. The van der Waals surface area contributed by atoms with Gasteiger partial charge in [-0.05, 0) is 68.8 Å². The van der Waals surface area contributed by atoms with E-state index in [9.17, 15) is 4.79 Å². The highest BCUT2D eigenvalue weighted by Crippen LogP contribution is 2.30. The predicted molar refractivity (Wildman–Crippen MR) is 85.5 cm³/mol. The van der Waals surface area contributed by atoms with Gasteiger partial charge in [-0.3, -0.25) is 4.79 Å². The Hall–Kier alpha value is -1.35. The Morgan fingerprint density at radius 3 is 2.57 bits per heavy atom. The summed E-state index contributed by atoms with van der Waals surface area (Å²) < 4.78 is 0. The second-order valence-corrected chi connectivity index (χ2v) is 6.45. The molecule has 1 aromatic rings. The summed E-state index contributed by atoms with van der Waals surface area (Å²) in [6, 6.07) is 8.65. The molecule has 1 saturated heterocycles. The zero-order chi connectivity index (χ0) is 14.7. The van der Waals surface area contributed by atoms with Crippen molar-refractivity contribution < 1.29 is 4.79 Å². The van der Waals surface area contributed by atoms with Gasteiger partial charge in [0.1, 0.15) is 0 Å². The van der Waals surface area contributed by atoms with Crippen molar-refractivity contribution in [2.24, 2.45) is 5.92 Å². The fourth-order valence-corrected chi connectivity index (χ4v) is 3.19. The van der Waals surface area contributed by atoms with E-state index >= 15 is 0 Å². The maximum atomic E-state index is 12.8. The standard InChI is InChI=1S/C18H26N2O/c1-2-14-5-7-16(8-6-14)18(21)20(17-9-10-17)13-15-4-3-11-19-12-15/h5-8,15,17,19H,2-4,9-13H2,1H3. The zero-order valence-corrected chi connectivity index (χ0v) is 13.0. The summed E-state index contributed by atoms with van der Waals surface area (Å²) >= 11 is 0. The molecule has 3 nitrogen and oxygen atoms in total. The van der Waals surface area contributed by atoms with Crippen LogP contribution in [0, 0.1) is 5.92 Å². The molecule has 0 spiro atoms. The van der Waals surface area contributed by atoms with Crippen LogP contribution in [0.2, 0.25) is 0 Å². The first-order valence-corrected chi connectivity index (χ1v) is 8.38. The molecule has 2 fully saturated rings. The van der Waals surface area contributed by atoms with E-state index < -0.39 is 0 Å². The molecule has 0 aromatic heterocycles. The molecule has 3 rings (SSSR count). The van der Waals surface area contributed by atoms with Crippen LogP contribution in [0.15, 0.2) is 24.3 Å². The highest BCUT2D eigenvalue weighted by molar-refractivity contribution is 5.94. The molecule has 1 heterocycles. The summed E-state index contributed by atoms with van der Waals surface area (Å²) in [7, 11) is 0. The molecule has 2 aliphatic rings. The van der Waals surface area contributed by atoms with Crippen molar-refractivity contribution in [2.75, 3.05) is 19.6 Å². The predicted octanol–water partition coefficient (Wildman–Crippen LogP) is 2.85. The van der Waals surface area contributed by atoms with Crippen LogP contribution in [0.5, 0.6) is 0 Å². The van der Waals surface area contributed by atoms with Crippen LogP contribution in [0.25, 0.3) is 0 Å². The summed E-state index contributed by atoms with van der Waals surface area (Å²) in [6.07, 6.45) is 5.87. The Balaban J connectivity index is 1.68. The highest BCUT2D eigenvalue weighted by atomic mass is 16.2. The van der Waals surface area contributed by atoms with Crippen molar-refractivity contribution in [3.05, 3.63) is 35.4 Å². The van der Waals surface area contributed by atoms with Gasteiger partial charge in [-0.15, -0.1) is 0 Å². The highest BCUT2D eigenvalue weighted by Gasteiger charge is 2.34. The number of nitrogens with one attached hydrogen (secondary N) is 1. The van der Waals surface area contributed by atoms with Gasteiger partial charge >= 0.3 is 0 Å². The first-order chi connectivity index (χ1) is 10.3. The van der Waals surface area contributed by atoms with Crippen LogP contribution in [-0.2, 0) is 6.42 Å². The monoisotopic (exact) mass is 286 g/mol. The van der Waals surface area contributed by atoms with Crippen molar-refractivity contribution in [1.82, 2.24) is 10.2 Å². The van der Waals surface area contributed by atoms with E-state index in [4.69, 9.17) is 0 Å². The quantitative estimate of drug-likeness (QED) is 0.902. The van der Waals surface area contributed by atoms with Crippen LogP contribution in [0.3, 0.4) is 0 Å². The van der Waals surface area contributed by atoms with Crippen LogP contribution >= 0.6 is 0 Å². The number of piperidine rings is 1. The van der Waals surface area contributed by atoms with Gasteiger partial charge < -0.3 is 10.2 Å². The van der Waals surface area contributed by atoms with Gasteiger partial charge in [-0.25, -0.2) is 0 Å². The largest absolute Gasteiger partial charge is 0.335 e. The Bertz CT molecular complexity index is 472. The van der Waals surface area contributed by atoms with E-state index in [2.05, 4.69) is 29.3 Å². The smallest absolute Gasteiger partial charge is 0.254 e. The third kappa shape index (κ3) is 3.65. The number of rotatable bonds is 5. The Kier molecular flexibility index (Phi) is 4.59. The first-order valence-electron chi connectivity index (χ1n) is 8.38. The molecule has 1 aromatic carbocycles. The Labute approximate surface area is 127 Å². The lowest BCUT2D eigenvalue weighted by Crippen LogP contribution is -2.42. The minimum atomic E-state index is 0.228. The van der Waals surface area contributed by atoms with Crippen LogP contribution in [-0.4, -0.2) is 36.5 Å². The number of amides is 1. The maximum Gasteiger partial charge on any atom is 0.254 e. The summed E-state index contributed by atoms with van der Waals surface area (Å²) in [5.41, 5.74) is 2.14. The Morgan fingerprint density at radius 1 is 1.24 bits per heavy atom. The molecular formula is C18H26N2O. The van der Waals surface area contributed by atoms with E-state index in [-0.39, 0.29) is 5.91 Å². The van der Waals surface area contributed by atoms with Gasteiger partial charge in [0.05, 0.1) is 0 Å². The van der Waals surface area contributed by atoms with Crippen LogP contribution in [0.4, 0.5) is 0 Å². The fourth-order valence-electron chi connectivity index (χ4n) is 3.19. The molecule has 0 radical (unpaired) electrons. The van der Waals surface area contributed by atoms with Crippen molar-refractivity contribution in [3.63, 3.8) is 0 Å². The van der Waals surface area contributed by atoms with Gasteiger partial charge in [-0.2, -0.15) is 0 Å². The average molecular weight is 286 g/mol. The average Bonchev–Trinajstić information content (AvgIpc) is 3.38. The van der Waals surface area contributed by atoms with Crippen molar-refractivity contribution in [1.29, 1.82) is 0 Å². The minimum Gasteiger partial charge on any atom is -0.335 e. The second kappa shape index (κ2) is 6.61. The topological polar surface area (TPSA) is 32.3 Å². The molecule has 1 aliphatic heterocycles. The van der Waals surface area contributed by atoms with E-state index in [0.717, 1.165) is 31.6 Å². The molecule has 1 amide bonds. The summed E-state index contributed by atoms with van der Waals surface area (Å²) in [4.78, 5) is 14.9. The molecule has 0 bridgehead atoms. The van der Waals surface area contributed by atoms with Crippen LogP contribution < -0.4 is 5.32 Å². The summed E-state index contributed by atoms with van der Waals surface area (Å²) in [6.45, 7) is 5.26. The number of aryl methyl sites for hydroxylation is 1. The van der Waals surface area contributed by atoms with Gasteiger partial charge in [0, 0.05) is 18.2 Å². The second-order valence-electron chi connectivity index (χ2n) is 6.45. The van der Waals surface area contributed by atoms with E-state index in [1.54, 1.807) is 0 Å². The van der Waals surface area contributed by atoms with Crippen molar-refractivity contribution in [2.45, 2.75) is 45.1 Å². The third-order valence-corrected chi connectivity index (χ3v) is 4.71. The zero-order valence-electron chi connectivity index (χ0n) is 13.0. The van der Waals surface area contributed by atoms with E-state index in [0.29, 0.717) is 12.0 Å². The number of carbonyl (C=O) groups is 1. The van der Waals surface area contributed by atoms with Gasteiger partial charge in [0.25, 0.3) is 5.91 Å². The lowest BCUT2D eigenvalue weighted by atomic mass is 9.98. The SMILES string of the molecule is CCc1ccc(C(=O)N(CC2CCCNC2)C2CC2)cc1. The number of nitrogens with zero attached hydrogens (tertiary/aromatic N) is 1. The lowest BCUT2D eigenvalue weighted by molar-refractivity contribution is 0.0704. The number of hydrogen-bond acceptors (Lipinski definition) is 2. The molecule has 1 aliphatic carbocycles. The first kappa shape index (κ1) is 14.6. The lowest BCUT2D eigenvalue weighted by Gasteiger charge is -2.30. The molecule has 1 N–H and O–H groups in total. The number of benzene rings is 1. The summed E-state index contributed by atoms with van der Waals surface area (Å²) in [5, 5.41) is 3.46. The van der Waals surface area contributed by atoms with E-state index in [1.807, 2.05) is 12.1 Å². The van der Waals surface area contributed by atoms with Gasteiger partial charge in [0.15, 0.2) is 0 Å². The van der Waals surface area contributed by atoms with Crippen LogP contribution in [0.1, 0.15) is 48.5 Å². The minimum absolute atomic E-state index is 0.228. The third-order valence-electron chi connectivity index (χ3n) is 4.71. The molecular weight excluding hydrogens is 260 g/mol. The molecule has 1 unspecified atom stereocenters. The van der Waals surface area contributed by atoms with Crippen molar-refractivity contribution in [3.8, 4) is 0 Å². The van der Waals surface area contributed by atoms with Gasteiger partial charge in [-0.1, -0.05) is 19.1 Å². The molecule has 3 heteroatoms. The molecule has 1 atom stereocenters. The van der Waals surface area contributed by atoms with Crippen molar-refractivity contribution >= 4 is 5.91 Å². The number of hydrogen-bond donors (Lipinski definition) is 1. The Morgan fingerprint density at radius 2 is 2.00 bits per heavy atom. The molecule has 114 valence electrons. The fraction of sp³-hybridized carbons (Fsp3) is 0.611. The molecule has 21 heavy (non-hydrogen) atoms. The van der Waals surface area contributed by atoms with Gasteiger partial charge in [0.2, 0.25) is 0 Å². The summed E-state index contributed by atoms with van der Waals surface area (Å²) in [5.74, 6) is 0.851.